The zero-order valence-electron chi connectivity index (χ0n) is 14.3. The van der Waals surface area contributed by atoms with Crippen molar-refractivity contribution in [3.8, 4) is 11.6 Å². The smallest absolute Gasteiger partial charge is 0.243 e. The van der Waals surface area contributed by atoms with Gasteiger partial charge in [-0.25, -0.2) is 4.98 Å². The van der Waals surface area contributed by atoms with E-state index in [0.717, 1.165) is 19.3 Å². The molecule has 25 heavy (non-hydrogen) atoms. The number of rotatable bonds is 6. The minimum atomic E-state index is -0.389. The van der Waals surface area contributed by atoms with E-state index >= 15 is 0 Å². The van der Waals surface area contributed by atoms with Crippen LogP contribution in [-0.2, 0) is 16.1 Å². The molecule has 2 amide bonds. The molecule has 1 fully saturated rings. The van der Waals surface area contributed by atoms with Gasteiger partial charge in [0.25, 0.3) is 0 Å². The molecule has 1 aliphatic rings. The Morgan fingerprint density at radius 2 is 2.32 bits per heavy atom. The van der Waals surface area contributed by atoms with E-state index in [1.807, 2.05) is 6.92 Å². The molecule has 8 heteroatoms. The van der Waals surface area contributed by atoms with Gasteiger partial charge < -0.3 is 14.6 Å². The zero-order chi connectivity index (χ0) is 17.6. The van der Waals surface area contributed by atoms with E-state index in [1.54, 1.807) is 23.3 Å². The summed E-state index contributed by atoms with van der Waals surface area (Å²) in [5.41, 5.74) is 0. The molecule has 2 N–H and O–H groups in total. The van der Waals surface area contributed by atoms with Crippen molar-refractivity contribution in [2.45, 2.75) is 51.6 Å². The summed E-state index contributed by atoms with van der Waals surface area (Å²) in [5, 5.41) is 9.72. The van der Waals surface area contributed by atoms with Gasteiger partial charge in [-0.15, -0.1) is 5.10 Å². The first kappa shape index (κ1) is 17.2. The Hall–Kier alpha value is -2.64. The molecule has 0 spiro atoms. The lowest BCUT2D eigenvalue weighted by Crippen LogP contribution is -2.51. The third kappa shape index (κ3) is 4.07. The second kappa shape index (κ2) is 7.96. The molecule has 1 aliphatic heterocycles. The van der Waals surface area contributed by atoms with Crippen molar-refractivity contribution < 1.29 is 14.0 Å². The summed E-state index contributed by atoms with van der Waals surface area (Å²) in [6.45, 7) is 2.86. The number of nitrogens with zero attached hydrogens (tertiary/aromatic N) is 3. The first-order valence-electron chi connectivity index (χ1n) is 8.71. The van der Waals surface area contributed by atoms with Crippen LogP contribution < -0.4 is 5.32 Å². The highest BCUT2D eigenvalue weighted by Gasteiger charge is 2.31. The lowest BCUT2D eigenvalue weighted by atomic mass is 10.0. The normalized spacial score (nSPS) is 17.5. The molecule has 0 saturated carbocycles. The van der Waals surface area contributed by atoms with Crippen LogP contribution in [0.25, 0.3) is 11.6 Å². The van der Waals surface area contributed by atoms with Gasteiger partial charge in [-0.2, -0.15) is 0 Å². The highest BCUT2D eigenvalue weighted by molar-refractivity contribution is 5.87. The fourth-order valence-corrected chi connectivity index (χ4v) is 3.04. The molecule has 3 rings (SSSR count). The first-order valence-corrected chi connectivity index (χ1v) is 8.71. The summed E-state index contributed by atoms with van der Waals surface area (Å²) in [6.07, 6.45) is 5.44. The Balaban J connectivity index is 1.58. The molecule has 8 nitrogen and oxygen atoms in total. The van der Waals surface area contributed by atoms with Crippen molar-refractivity contribution in [3.63, 3.8) is 0 Å². The molecule has 0 unspecified atom stereocenters. The maximum atomic E-state index is 12.5. The Bertz CT molecular complexity index is 710. The fourth-order valence-electron chi connectivity index (χ4n) is 3.04. The van der Waals surface area contributed by atoms with E-state index in [0.29, 0.717) is 36.8 Å². The minimum absolute atomic E-state index is 0.0575. The van der Waals surface area contributed by atoms with Crippen molar-refractivity contribution in [1.29, 1.82) is 0 Å². The van der Waals surface area contributed by atoms with Gasteiger partial charge >= 0.3 is 0 Å². The Kier molecular flexibility index (Phi) is 5.47. The number of piperidine rings is 1. The number of amides is 2. The quantitative estimate of drug-likeness (QED) is 0.831. The predicted octanol–water partition coefficient (Wildman–Crippen LogP) is 1.86. The van der Waals surface area contributed by atoms with Crippen molar-refractivity contribution in [3.05, 3.63) is 24.2 Å². The number of nitrogens with one attached hydrogen (secondary N) is 2. The van der Waals surface area contributed by atoms with E-state index in [9.17, 15) is 9.59 Å². The maximum Gasteiger partial charge on any atom is 0.243 e. The van der Waals surface area contributed by atoms with Crippen LogP contribution >= 0.6 is 0 Å². The van der Waals surface area contributed by atoms with Gasteiger partial charge in [-0.05, 0) is 37.8 Å². The number of hydrogen-bond donors (Lipinski definition) is 2. The van der Waals surface area contributed by atoms with Gasteiger partial charge in [0.05, 0.1) is 12.8 Å². The number of H-pyrrole nitrogens is 1. The molecular formula is C17H23N5O3. The number of aromatic amines is 1. The first-order chi connectivity index (χ1) is 12.2. The molecule has 134 valence electrons. The molecule has 2 aromatic heterocycles. The second-order valence-corrected chi connectivity index (χ2v) is 6.15. The largest absolute Gasteiger partial charge is 0.461 e. The molecule has 1 atom stereocenters. The summed E-state index contributed by atoms with van der Waals surface area (Å²) in [6, 6.07) is 3.14. The van der Waals surface area contributed by atoms with Crippen LogP contribution in [-0.4, -0.2) is 44.5 Å². The highest BCUT2D eigenvalue weighted by Crippen LogP contribution is 2.19. The summed E-state index contributed by atoms with van der Waals surface area (Å²) >= 11 is 0. The third-order valence-electron chi connectivity index (χ3n) is 4.29. The van der Waals surface area contributed by atoms with Gasteiger partial charge in [0.15, 0.2) is 5.76 Å². The summed E-state index contributed by atoms with van der Waals surface area (Å²) in [7, 11) is 0. The Morgan fingerprint density at radius 3 is 3.08 bits per heavy atom. The molecule has 1 saturated heterocycles. The predicted molar refractivity (Wildman–Crippen MR) is 90.2 cm³/mol. The fraction of sp³-hybridized carbons (Fsp3) is 0.529. The average molecular weight is 345 g/mol. The lowest BCUT2D eigenvalue weighted by Gasteiger charge is -2.34. The lowest BCUT2D eigenvalue weighted by molar-refractivity contribution is -0.142. The topological polar surface area (TPSA) is 104 Å². The Labute approximate surface area is 146 Å². The SMILES string of the molecule is CCCC(=O)N1CCCC[C@H]1C(=O)NCc1nc(-c2ccco2)n[nH]1. The summed E-state index contributed by atoms with van der Waals surface area (Å²) < 4.78 is 5.24. The van der Waals surface area contributed by atoms with Crippen LogP contribution in [0.3, 0.4) is 0 Å². The molecule has 3 heterocycles. The number of likely N-dealkylation sites (tertiary alicyclic amines) is 1. The van der Waals surface area contributed by atoms with Gasteiger partial charge in [0.1, 0.15) is 11.9 Å². The number of carbonyl (C=O) groups excluding carboxylic acids is 2. The monoisotopic (exact) mass is 345 g/mol. The number of hydrogen-bond acceptors (Lipinski definition) is 5. The van der Waals surface area contributed by atoms with Crippen LogP contribution in [0.5, 0.6) is 0 Å². The van der Waals surface area contributed by atoms with E-state index in [-0.39, 0.29) is 24.4 Å². The average Bonchev–Trinajstić information content (AvgIpc) is 3.31. The van der Waals surface area contributed by atoms with E-state index in [1.165, 1.54) is 0 Å². The van der Waals surface area contributed by atoms with Crippen LogP contribution in [0.15, 0.2) is 22.8 Å². The molecular weight excluding hydrogens is 322 g/mol. The van der Waals surface area contributed by atoms with E-state index in [4.69, 9.17) is 4.42 Å². The molecule has 0 radical (unpaired) electrons. The van der Waals surface area contributed by atoms with Gasteiger partial charge in [-0.1, -0.05) is 6.92 Å². The molecule has 0 aliphatic carbocycles. The maximum absolute atomic E-state index is 12.5. The second-order valence-electron chi connectivity index (χ2n) is 6.15. The number of furan rings is 1. The third-order valence-corrected chi connectivity index (χ3v) is 4.29. The van der Waals surface area contributed by atoms with Crippen LogP contribution in [0.4, 0.5) is 0 Å². The van der Waals surface area contributed by atoms with Crippen molar-refractivity contribution in [1.82, 2.24) is 25.4 Å². The van der Waals surface area contributed by atoms with Crippen molar-refractivity contribution in [2.75, 3.05) is 6.54 Å². The van der Waals surface area contributed by atoms with Crippen molar-refractivity contribution in [2.24, 2.45) is 0 Å². The van der Waals surface area contributed by atoms with Gasteiger partial charge in [-0.3, -0.25) is 14.7 Å². The number of carbonyl (C=O) groups is 2. The van der Waals surface area contributed by atoms with Gasteiger partial charge in [0.2, 0.25) is 17.6 Å². The molecule has 0 bridgehead atoms. The van der Waals surface area contributed by atoms with Crippen LogP contribution in [0, 0.1) is 0 Å². The zero-order valence-corrected chi connectivity index (χ0v) is 14.3. The van der Waals surface area contributed by atoms with E-state index < -0.39 is 0 Å². The van der Waals surface area contributed by atoms with Gasteiger partial charge in [0, 0.05) is 13.0 Å². The number of aromatic nitrogens is 3. The standard InChI is InChI=1S/C17H23N5O3/c1-2-6-15(23)22-9-4-3-7-12(22)17(24)18-11-14-19-16(21-20-14)13-8-5-10-25-13/h5,8,10,12H,2-4,6-7,9,11H2,1H3,(H,18,24)(H,19,20,21)/t12-/m0/s1. The summed E-state index contributed by atoms with van der Waals surface area (Å²) in [5.74, 6) is 1.48. The minimum Gasteiger partial charge on any atom is -0.461 e. The molecule has 0 aromatic carbocycles. The molecule has 2 aromatic rings. The van der Waals surface area contributed by atoms with Crippen LogP contribution in [0.1, 0.15) is 44.9 Å². The van der Waals surface area contributed by atoms with E-state index in [2.05, 4.69) is 20.5 Å². The van der Waals surface area contributed by atoms with Crippen LogP contribution in [0.2, 0.25) is 0 Å². The Morgan fingerprint density at radius 1 is 1.44 bits per heavy atom. The van der Waals surface area contributed by atoms with Crippen molar-refractivity contribution >= 4 is 11.8 Å². The highest BCUT2D eigenvalue weighted by atomic mass is 16.3. The summed E-state index contributed by atoms with van der Waals surface area (Å²) in [4.78, 5) is 30.8.